The van der Waals surface area contributed by atoms with Crippen molar-refractivity contribution >= 4 is 40.1 Å². The summed E-state index contributed by atoms with van der Waals surface area (Å²) in [5.41, 5.74) is 5.34. The minimum atomic E-state index is -0.329. The number of hydrogen-bond acceptors (Lipinski definition) is 4. The highest BCUT2D eigenvalue weighted by molar-refractivity contribution is 7.11. The molecule has 4 rings (SSSR count). The van der Waals surface area contributed by atoms with Gasteiger partial charge in [-0.1, -0.05) is 44.2 Å². The second-order valence-corrected chi connectivity index (χ2v) is 8.74. The summed E-state index contributed by atoms with van der Waals surface area (Å²) in [5.74, 6) is -0.197. The second-order valence-electron chi connectivity index (χ2n) is 7.79. The normalized spacial score (nSPS) is 14.2. The highest BCUT2D eigenvalue weighted by Crippen LogP contribution is 2.37. The number of imide groups is 1. The summed E-state index contributed by atoms with van der Waals surface area (Å²) in [6.45, 7) is 8.20. The Hall–Kier alpha value is -3.18. The molecule has 2 amide bonds. The van der Waals surface area contributed by atoms with Crippen molar-refractivity contribution in [2.24, 2.45) is 0 Å². The molecule has 4 nitrogen and oxygen atoms in total. The number of carbonyl (C=O) groups is 2. The monoisotopic (exact) mass is 416 g/mol. The lowest BCUT2D eigenvalue weighted by Crippen LogP contribution is -2.33. The highest BCUT2D eigenvalue weighted by atomic mass is 32.1. The van der Waals surface area contributed by atoms with Crippen molar-refractivity contribution in [2.75, 3.05) is 10.2 Å². The van der Waals surface area contributed by atoms with Crippen LogP contribution in [-0.2, 0) is 9.59 Å². The summed E-state index contributed by atoms with van der Waals surface area (Å²) in [6.07, 6.45) is 0. The number of amides is 2. The molecule has 2 heterocycles. The van der Waals surface area contributed by atoms with Crippen LogP contribution >= 0.6 is 11.3 Å². The predicted octanol–water partition coefficient (Wildman–Crippen LogP) is 5.88. The standard InChI is InChI=1S/C25H24N2O2S/c1-15(2)18-10-12-19(13-11-18)26-23-22(21-9-6-14-30-21)24(28)27(25(23)29)20-8-5-7-16(3)17(20)4/h5-15,26H,1-4H3. The first-order valence-corrected chi connectivity index (χ1v) is 10.9. The van der Waals surface area contributed by atoms with Crippen LogP contribution in [0.4, 0.5) is 11.4 Å². The Balaban J connectivity index is 1.77. The summed E-state index contributed by atoms with van der Waals surface area (Å²) in [4.78, 5) is 29.0. The first-order valence-electron chi connectivity index (χ1n) is 9.98. The zero-order valence-electron chi connectivity index (χ0n) is 17.5. The van der Waals surface area contributed by atoms with E-state index in [1.807, 2.05) is 73.8 Å². The SMILES string of the molecule is Cc1cccc(N2C(=O)C(Nc3ccc(C(C)C)cc3)=C(c3cccs3)C2=O)c1C. The fraction of sp³-hybridized carbons (Fsp3) is 0.200. The molecule has 0 spiro atoms. The summed E-state index contributed by atoms with van der Waals surface area (Å²) < 4.78 is 0. The Morgan fingerprint density at radius 1 is 0.900 bits per heavy atom. The number of aryl methyl sites for hydroxylation is 1. The van der Waals surface area contributed by atoms with Crippen LogP contribution in [0.3, 0.4) is 0 Å². The number of nitrogens with zero attached hydrogens (tertiary/aromatic N) is 1. The third-order valence-electron chi connectivity index (χ3n) is 5.52. The topological polar surface area (TPSA) is 49.4 Å². The van der Waals surface area contributed by atoms with Crippen molar-refractivity contribution in [1.29, 1.82) is 0 Å². The molecule has 1 N–H and O–H groups in total. The van der Waals surface area contributed by atoms with E-state index in [0.29, 0.717) is 22.9 Å². The number of thiophene rings is 1. The van der Waals surface area contributed by atoms with Crippen molar-refractivity contribution in [3.63, 3.8) is 0 Å². The maximum atomic E-state index is 13.5. The van der Waals surface area contributed by atoms with E-state index in [1.54, 1.807) is 0 Å². The lowest BCUT2D eigenvalue weighted by atomic mass is 10.0. The zero-order valence-corrected chi connectivity index (χ0v) is 18.3. The fourth-order valence-corrected chi connectivity index (χ4v) is 4.36. The maximum Gasteiger partial charge on any atom is 0.282 e. The van der Waals surface area contributed by atoms with Crippen LogP contribution in [0, 0.1) is 13.8 Å². The molecule has 0 aliphatic carbocycles. The molecule has 30 heavy (non-hydrogen) atoms. The zero-order chi connectivity index (χ0) is 21.4. The van der Waals surface area contributed by atoms with Gasteiger partial charge in [0.1, 0.15) is 5.70 Å². The highest BCUT2D eigenvalue weighted by Gasteiger charge is 2.41. The van der Waals surface area contributed by atoms with E-state index in [-0.39, 0.29) is 11.8 Å². The number of rotatable bonds is 5. The Morgan fingerprint density at radius 2 is 1.63 bits per heavy atom. The average Bonchev–Trinajstić information content (AvgIpc) is 3.32. The Kier molecular flexibility index (Phi) is 5.31. The van der Waals surface area contributed by atoms with Crippen LogP contribution in [0.5, 0.6) is 0 Å². The van der Waals surface area contributed by atoms with Gasteiger partial charge in [0.2, 0.25) is 0 Å². The van der Waals surface area contributed by atoms with Crippen LogP contribution in [0.15, 0.2) is 65.7 Å². The quantitative estimate of drug-likeness (QED) is 0.528. The van der Waals surface area contributed by atoms with Crippen LogP contribution < -0.4 is 10.2 Å². The van der Waals surface area contributed by atoms with Gasteiger partial charge in [-0.05, 0) is 66.1 Å². The molecule has 0 saturated heterocycles. The molecular formula is C25H24N2O2S. The number of hydrogen-bond donors (Lipinski definition) is 1. The summed E-state index contributed by atoms with van der Waals surface area (Å²) in [7, 11) is 0. The van der Waals surface area contributed by atoms with Gasteiger partial charge < -0.3 is 5.32 Å². The van der Waals surface area contributed by atoms with E-state index in [4.69, 9.17) is 0 Å². The third-order valence-corrected chi connectivity index (χ3v) is 6.40. The van der Waals surface area contributed by atoms with Gasteiger partial charge in [0.15, 0.2) is 0 Å². The number of nitrogens with one attached hydrogen (secondary N) is 1. The third kappa shape index (κ3) is 3.46. The molecule has 2 aromatic carbocycles. The van der Waals surface area contributed by atoms with E-state index in [2.05, 4.69) is 19.2 Å². The van der Waals surface area contributed by atoms with Crippen LogP contribution in [0.2, 0.25) is 0 Å². The van der Waals surface area contributed by atoms with Crippen LogP contribution in [-0.4, -0.2) is 11.8 Å². The van der Waals surface area contributed by atoms with E-state index in [0.717, 1.165) is 21.7 Å². The van der Waals surface area contributed by atoms with Gasteiger partial charge >= 0.3 is 0 Å². The number of carbonyl (C=O) groups excluding carboxylic acids is 2. The Morgan fingerprint density at radius 3 is 2.27 bits per heavy atom. The molecule has 152 valence electrons. The fourth-order valence-electron chi connectivity index (χ4n) is 3.59. The molecule has 0 fully saturated rings. The molecule has 0 radical (unpaired) electrons. The lowest BCUT2D eigenvalue weighted by molar-refractivity contribution is -0.120. The maximum absolute atomic E-state index is 13.5. The molecule has 5 heteroatoms. The second kappa shape index (κ2) is 7.92. The van der Waals surface area contributed by atoms with Crippen molar-refractivity contribution in [3.8, 4) is 0 Å². The summed E-state index contributed by atoms with van der Waals surface area (Å²) in [6, 6.07) is 17.4. The average molecular weight is 417 g/mol. The van der Waals surface area contributed by atoms with Crippen molar-refractivity contribution in [3.05, 3.63) is 87.2 Å². The van der Waals surface area contributed by atoms with Crippen molar-refractivity contribution < 1.29 is 9.59 Å². The first-order chi connectivity index (χ1) is 14.4. The van der Waals surface area contributed by atoms with Crippen molar-refractivity contribution in [2.45, 2.75) is 33.6 Å². The molecule has 0 saturated carbocycles. The number of anilines is 2. The molecule has 3 aromatic rings. The van der Waals surface area contributed by atoms with Gasteiger partial charge in [-0.2, -0.15) is 0 Å². The predicted molar refractivity (Wildman–Crippen MR) is 124 cm³/mol. The molecular weight excluding hydrogens is 392 g/mol. The van der Waals surface area contributed by atoms with E-state index in [9.17, 15) is 9.59 Å². The first kappa shape index (κ1) is 20.1. The van der Waals surface area contributed by atoms with Crippen molar-refractivity contribution in [1.82, 2.24) is 0 Å². The molecule has 0 unspecified atom stereocenters. The molecule has 1 aromatic heterocycles. The van der Waals surface area contributed by atoms with Gasteiger partial charge in [0.05, 0.1) is 11.3 Å². The summed E-state index contributed by atoms with van der Waals surface area (Å²) in [5, 5.41) is 5.15. The molecule has 1 aliphatic rings. The van der Waals surface area contributed by atoms with Gasteiger partial charge in [-0.25, -0.2) is 4.90 Å². The molecule has 0 atom stereocenters. The van der Waals surface area contributed by atoms with E-state index in [1.165, 1.54) is 21.8 Å². The van der Waals surface area contributed by atoms with Gasteiger partial charge in [0.25, 0.3) is 11.8 Å². The largest absolute Gasteiger partial charge is 0.350 e. The number of benzene rings is 2. The van der Waals surface area contributed by atoms with Crippen LogP contribution in [0.1, 0.15) is 41.3 Å². The lowest BCUT2D eigenvalue weighted by Gasteiger charge is -2.19. The van der Waals surface area contributed by atoms with Gasteiger partial charge in [0, 0.05) is 10.6 Å². The Labute approximate surface area is 180 Å². The van der Waals surface area contributed by atoms with Gasteiger partial charge in [-0.3, -0.25) is 9.59 Å². The van der Waals surface area contributed by atoms with E-state index < -0.39 is 0 Å². The van der Waals surface area contributed by atoms with E-state index >= 15 is 0 Å². The minimum absolute atomic E-state index is 0.294. The summed E-state index contributed by atoms with van der Waals surface area (Å²) >= 11 is 1.45. The Bertz CT molecular complexity index is 1140. The molecule has 0 bridgehead atoms. The van der Waals surface area contributed by atoms with Gasteiger partial charge in [-0.15, -0.1) is 11.3 Å². The molecule has 1 aliphatic heterocycles. The van der Waals surface area contributed by atoms with Crippen LogP contribution in [0.25, 0.3) is 5.57 Å². The minimum Gasteiger partial charge on any atom is -0.350 e. The smallest absolute Gasteiger partial charge is 0.282 e.